The van der Waals surface area contributed by atoms with E-state index >= 15 is 0 Å². The number of aliphatic hydroxyl groups excluding tert-OH is 1. The van der Waals surface area contributed by atoms with Gasteiger partial charge in [0.15, 0.2) is 0 Å². The largest absolute Gasteiger partial charge is 0.507 e. The first kappa shape index (κ1) is 24.2. The Kier molecular flexibility index (Phi) is 7.33. The lowest BCUT2D eigenvalue weighted by molar-refractivity contribution is -0.140. The van der Waals surface area contributed by atoms with Crippen LogP contribution in [0.1, 0.15) is 52.8 Å². The number of Topliss-reactive ketones (excluding diaryl/α,β-unsaturated/α-hetero) is 1. The lowest BCUT2D eigenvalue weighted by atomic mass is 9.95. The Morgan fingerprint density at radius 2 is 1.97 bits per heavy atom. The Morgan fingerprint density at radius 1 is 1.27 bits per heavy atom. The van der Waals surface area contributed by atoms with E-state index in [0.29, 0.717) is 35.5 Å². The highest BCUT2D eigenvalue weighted by molar-refractivity contribution is 6.46. The summed E-state index contributed by atoms with van der Waals surface area (Å²) in [5.74, 6) is -2.34. The summed E-state index contributed by atoms with van der Waals surface area (Å²) in [5.41, 5.74) is 2.03. The van der Waals surface area contributed by atoms with E-state index < -0.39 is 23.7 Å². The van der Waals surface area contributed by atoms with Gasteiger partial charge in [-0.25, -0.2) is 4.79 Å². The molecule has 9 heteroatoms. The quantitative estimate of drug-likeness (QED) is 0.273. The summed E-state index contributed by atoms with van der Waals surface area (Å²) in [6.45, 7) is 9.95. The Hall–Kier alpha value is -3.46. The number of methoxy groups -OCH3 is 1. The number of nitrogens with one attached hydrogen (secondary N) is 1. The molecule has 0 aromatic carbocycles. The molecule has 1 aliphatic heterocycles. The zero-order chi connectivity index (χ0) is 24.3. The van der Waals surface area contributed by atoms with E-state index in [4.69, 9.17) is 4.74 Å². The number of likely N-dealkylation sites (tertiary alicyclic amines) is 1. The third kappa shape index (κ3) is 4.41. The lowest BCUT2D eigenvalue weighted by Gasteiger charge is -2.28. The number of hydrogen-bond acceptors (Lipinski definition) is 7. The zero-order valence-electron chi connectivity index (χ0n) is 19.6. The van der Waals surface area contributed by atoms with Crippen LogP contribution in [0.25, 0.3) is 5.76 Å². The van der Waals surface area contributed by atoms with Gasteiger partial charge in [-0.05, 0) is 44.1 Å². The van der Waals surface area contributed by atoms with Gasteiger partial charge in [-0.1, -0.05) is 19.9 Å². The highest BCUT2D eigenvalue weighted by Gasteiger charge is 2.46. The number of pyridine rings is 1. The number of rotatable bonds is 8. The van der Waals surface area contributed by atoms with Crippen molar-refractivity contribution in [2.45, 2.75) is 33.7 Å². The standard InChI is InChI=1S/C24H30N4O5/c1-6-27(7-2)11-12-28-20(16-9-8-10-25-13-16)18(22(30)23(28)31)21(29)17-14(3)19(24(32)33-5)26-15(17)4/h8-10,13,20,26,29H,6-7,11-12H2,1-5H3/t20-/m0/s1. The normalized spacial score (nSPS) is 17.8. The molecule has 0 bridgehead atoms. The van der Waals surface area contributed by atoms with Crippen molar-refractivity contribution >= 4 is 23.4 Å². The summed E-state index contributed by atoms with van der Waals surface area (Å²) in [7, 11) is 1.27. The monoisotopic (exact) mass is 454 g/mol. The van der Waals surface area contributed by atoms with Gasteiger partial charge in [-0.15, -0.1) is 0 Å². The van der Waals surface area contributed by atoms with Crippen LogP contribution in [-0.4, -0.2) is 75.8 Å². The molecule has 2 aromatic rings. The molecule has 1 saturated heterocycles. The molecule has 1 atom stereocenters. The molecule has 2 aromatic heterocycles. The molecule has 1 aliphatic rings. The molecule has 3 heterocycles. The summed E-state index contributed by atoms with van der Waals surface area (Å²) in [6, 6.07) is 2.71. The zero-order valence-corrected chi connectivity index (χ0v) is 19.6. The van der Waals surface area contributed by atoms with Crippen LogP contribution in [0, 0.1) is 13.8 Å². The predicted molar refractivity (Wildman–Crippen MR) is 123 cm³/mol. The van der Waals surface area contributed by atoms with Crippen LogP contribution in [0.15, 0.2) is 30.1 Å². The maximum atomic E-state index is 13.2. The number of hydrogen-bond donors (Lipinski definition) is 2. The Balaban J connectivity index is 2.16. The van der Waals surface area contributed by atoms with E-state index in [1.54, 1.807) is 38.4 Å². The van der Waals surface area contributed by atoms with Crippen LogP contribution in [-0.2, 0) is 14.3 Å². The van der Waals surface area contributed by atoms with Crippen molar-refractivity contribution < 1.29 is 24.2 Å². The van der Waals surface area contributed by atoms with Crippen molar-refractivity contribution in [3.8, 4) is 0 Å². The number of ether oxygens (including phenoxy) is 1. The van der Waals surface area contributed by atoms with Crippen LogP contribution in [0.2, 0.25) is 0 Å². The van der Waals surface area contributed by atoms with E-state index in [1.165, 1.54) is 12.0 Å². The van der Waals surface area contributed by atoms with Crippen molar-refractivity contribution in [3.05, 3.63) is 58.2 Å². The van der Waals surface area contributed by atoms with Crippen molar-refractivity contribution in [2.75, 3.05) is 33.3 Å². The first-order valence-corrected chi connectivity index (χ1v) is 10.9. The van der Waals surface area contributed by atoms with E-state index in [0.717, 1.165) is 13.1 Å². The molecule has 0 aliphatic carbocycles. The highest BCUT2D eigenvalue weighted by atomic mass is 16.5. The van der Waals surface area contributed by atoms with Gasteiger partial charge >= 0.3 is 5.97 Å². The summed E-state index contributed by atoms with van der Waals surface area (Å²) < 4.78 is 4.80. The molecule has 2 N–H and O–H groups in total. The molecule has 3 rings (SSSR count). The number of ketones is 1. The van der Waals surface area contributed by atoms with Gasteiger partial charge in [-0.3, -0.25) is 14.6 Å². The van der Waals surface area contributed by atoms with Crippen LogP contribution in [0.3, 0.4) is 0 Å². The topological polar surface area (TPSA) is 116 Å². The van der Waals surface area contributed by atoms with Crippen molar-refractivity contribution in [1.29, 1.82) is 0 Å². The van der Waals surface area contributed by atoms with Crippen LogP contribution < -0.4 is 0 Å². The van der Waals surface area contributed by atoms with Gasteiger partial charge in [0.2, 0.25) is 0 Å². The molecule has 0 unspecified atom stereocenters. The number of H-pyrrole nitrogens is 1. The van der Waals surface area contributed by atoms with Gasteiger partial charge < -0.3 is 24.6 Å². The SMILES string of the molecule is CCN(CC)CCN1C(=O)C(=O)C(=C(O)c2c(C)[nH]c(C(=O)OC)c2C)[C@@H]1c1cccnc1. The number of aromatic nitrogens is 2. The molecule has 0 saturated carbocycles. The van der Waals surface area contributed by atoms with Crippen LogP contribution in [0.5, 0.6) is 0 Å². The summed E-state index contributed by atoms with van der Waals surface area (Å²) in [4.78, 5) is 49.1. The van der Waals surface area contributed by atoms with Crippen molar-refractivity contribution in [1.82, 2.24) is 19.8 Å². The number of carbonyl (C=O) groups excluding carboxylic acids is 3. The van der Waals surface area contributed by atoms with Gasteiger partial charge in [0, 0.05) is 36.7 Å². The number of aryl methyl sites for hydroxylation is 1. The fraction of sp³-hybridized carbons (Fsp3) is 0.417. The first-order chi connectivity index (χ1) is 15.8. The minimum atomic E-state index is -0.787. The Labute approximate surface area is 193 Å². The molecule has 0 spiro atoms. The molecule has 0 radical (unpaired) electrons. The average molecular weight is 455 g/mol. The molecular formula is C24H30N4O5. The predicted octanol–water partition coefficient (Wildman–Crippen LogP) is 2.58. The number of aromatic amines is 1. The van der Waals surface area contributed by atoms with E-state index in [2.05, 4.69) is 14.9 Å². The van der Waals surface area contributed by atoms with Gasteiger partial charge in [0.05, 0.1) is 18.7 Å². The second-order valence-electron chi connectivity index (χ2n) is 7.92. The van der Waals surface area contributed by atoms with E-state index in [9.17, 15) is 19.5 Å². The van der Waals surface area contributed by atoms with Crippen molar-refractivity contribution in [2.24, 2.45) is 0 Å². The smallest absolute Gasteiger partial charge is 0.354 e. The van der Waals surface area contributed by atoms with Gasteiger partial charge in [-0.2, -0.15) is 0 Å². The third-order valence-electron chi connectivity index (χ3n) is 6.16. The molecule has 33 heavy (non-hydrogen) atoms. The van der Waals surface area contributed by atoms with Gasteiger partial charge in [0.25, 0.3) is 11.7 Å². The summed E-state index contributed by atoms with van der Waals surface area (Å²) in [5, 5.41) is 11.3. The van der Waals surface area contributed by atoms with E-state index in [-0.39, 0.29) is 17.0 Å². The first-order valence-electron chi connectivity index (χ1n) is 10.9. The summed E-state index contributed by atoms with van der Waals surface area (Å²) in [6.07, 6.45) is 3.19. The fourth-order valence-corrected chi connectivity index (χ4v) is 4.33. The minimum Gasteiger partial charge on any atom is -0.507 e. The fourth-order valence-electron chi connectivity index (χ4n) is 4.33. The molecule has 176 valence electrons. The molecular weight excluding hydrogens is 424 g/mol. The Morgan fingerprint density at radius 3 is 2.55 bits per heavy atom. The third-order valence-corrected chi connectivity index (χ3v) is 6.16. The number of esters is 1. The second-order valence-corrected chi connectivity index (χ2v) is 7.92. The summed E-state index contributed by atoms with van der Waals surface area (Å²) >= 11 is 0. The minimum absolute atomic E-state index is 0.0193. The number of aliphatic hydroxyl groups is 1. The second kappa shape index (κ2) is 9.99. The van der Waals surface area contributed by atoms with Gasteiger partial charge in [0.1, 0.15) is 11.5 Å². The highest BCUT2D eigenvalue weighted by Crippen LogP contribution is 2.40. The molecule has 1 fully saturated rings. The van der Waals surface area contributed by atoms with Crippen LogP contribution >= 0.6 is 0 Å². The lowest BCUT2D eigenvalue weighted by Crippen LogP contribution is -2.38. The maximum Gasteiger partial charge on any atom is 0.354 e. The maximum absolute atomic E-state index is 13.2. The van der Waals surface area contributed by atoms with E-state index in [1.807, 2.05) is 13.8 Å². The number of amides is 1. The molecule has 1 amide bonds. The number of likely N-dealkylation sites (N-methyl/N-ethyl adjacent to an activating group) is 1. The average Bonchev–Trinajstić information content (AvgIpc) is 3.26. The molecule has 9 nitrogen and oxygen atoms in total. The number of nitrogens with zero attached hydrogens (tertiary/aromatic N) is 3. The van der Waals surface area contributed by atoms with Crippen molar-refractivity contribution in [3.63, 3.8) is 0 Å². The number of carbonyl (C=O) groups is 3. The van der Waals surface area contributed by atoms with Crippen LogP contribution in [0.4, 0.5) is 0 Å². The Bertz CT molecular complexity index is 1090.